The first-order valence-electron chi connectivity index (χ1n) is 4.25. The van der Waals surface area contributed by atoms with Crippen LogP contribution in [0.15, 0.2) is 12.2 Å². The van der Waals surface area contributed by atoms with E-state index >= 15 is 0 Å². The van der Waals surface area contributed by atoms with Gasteiger partial charge < -0.3 is 5.32 Å². The van der Waals surface area contributed by atoms with Crippen molar-refractivity contribution in [1.29, 1.82) is 0 Å². The normalized spacial score (nSPS) is 39.4. The number of hydrogen-bond donors (Lipinski definition) is 1. The van der Waals surface area contributed by atoms with Crippen molar-refractivity contribution in [2.75, 3.05) is 6.54 Å². The maximum atomic E-state index is 5.16. The van der Waals surface area contributed by atoms with Gasteiger partial charge in [0, 0.05) is 6.04 Å². The van der Waals surface area contributed by atoms with E-state index in [1.807, 2.05) is 0 Å². The third-order valence-corrected chi connectivity index (χ3v) is 2.83. The summed E-state index contributed by atoms with van der Waals surface area (Å²) in [6.07, 6.45) is 12.4. The minimum absolute atomic E-state index is 0.676. The van der Waals surface area contributed by atoms with E-state index in [9.17, 15) is 0 Å². The minimum Gasteiger partial charge on any atom is -0.303 e. The van der Waals surface area contributed by atoms with Crippen molar-refractivity contribution >= 4 is 0 Å². The molecule has 1 nitrogen and oxygen atoms in total. The number of terminal acetylenes is 1. The molecule has 0 aromatic rings. The van der Waals surface area contributed by atoms with Crippen LogP contribution < -0.4 is 5.32 Å². The summed E-state index contributed by atoms with van der Waals surface area (Å²) in [5.41, 5.74) is 0. The van der Waals surface area contributed by atoms with Gasteiger partial charge in [0.15, 0.2) is 0 Å². The monoisotopic (exact) mass is 147 g/mol. The average Bonchev–Trinajstić information content (AvgIpc) is 2.33. The van der Waals surface area contributed by atoms with Gasteiger partial charge in [0.2, 0.25) is 0 Å². The second kappa shape index (κ2) is 2.71. The van der Waals surface area contributed by atoms with Crippen LogP contribution in [0.4, 0.5) is 0 Å². The third-order valence-electron chi connectivity index (χ3n) is 2.83. The number of allylic oxidation sites excluding steroid dienone is 1. The van der Waals surface area contributed by atoms with Gasteiger partial charge in [-0.25, -0.2) is 0 Å². The van der Waals surface area contributed by atoms with Crippen molar-refractivity contribution in [3.63, 3.8) is 0 Å². The molecule has 2 aliphatic rings. The summed E-state index contributed by atoms with van der Waals surface area (Å²) >= 11 is 0. The molecule has 0 saturated heterocycles. The van der Waals surface area contributed by atoms with Gasteiger partial charge in [0.1, 0.15) is 0 Å². The molecule has 1 N–H and O–H groups in total. The molecule has 0 bridgehead atoms. The zero-order valence-electron chi connectivity index (χ0n) is 6.59. The molecule has 0 aromatic heterocycles. The van der Waals surface area contributed by atoms with Crippen LogP contribution in [-0.4, -0.2) is 12.6 Å². The van der Waals surface area contributed by atoms with Crippen molar-refractivity contribution in [2.45, 2.75) is 18.9 Å². The largest absolute Gasteiger partial charge is 0.303 e. The van der Waals surface area contributed by atoms with Crippen LogP contribution in [0, 0.1) is 24.2 Å². The second-order valence-corrected chi connectivity index (χ2v) is 3.43. The highest BCUT2D eigenvalue weighted by molar-refractivity contribution is 5.13. The van der Waals surface area contributed by atoms with Crippen LogP contribution in [0.5, 0.6) is 0 Å². The summed E-state index contributed by atoms with van der Waals surface area (Å²) in [4.78, 5) is 0. The summed E-state index contributed by atoms with van der Waals surface area (Å²) in [6.45, 7) is 0.724. The van der Waals surface area contributed by atoms with E-state index in [4.69, 9.17) is 6.42 Å². The first-order valence-corrected chi connectivity index (χ1v) is 4.25. The molecule has 0 aliphatic heterocycles. The Bertz CT molecular complexity index is 211. The fraction of sp³-hybridized carbons (Fsp3) is 0.600. The Morgan fingerprint density at radius 1 is 1.64 bits per heavy atom. The topological polar surface area (TPSA) is 12.0 Å². The van der Waals surface area contributed by atoms with Crippen LogP contribution in [0.25, 0.3) is 0 Å². The molecular formula is C10H13N. The van der Waals surface area contributed by atoms with Gasteiger partial charge in [-0.3, -0.25) is 0 Å². The lowest BCUT2D eigenvalue weighted by atomic mass is 9.71. The highest BCUT2D eigenvalue weighted by Crippen LogP contribution is 2.42. The molecule has 3 atom stereocenters. The Hall–Kier alpha value is -0.740. The van der Waals surface area contributed by atoms with E-state index in [0.29, 0.717) is 6.04 Å². The number of nitrogens with one attached hydrogen (secondary N) is 1. The highest BCUT2D eigenvalue weighted by atomic mass is 14.9. The van der Waals surface area contributed by atoms with Gasteiger partial charge in [-0.1, -0.05) is 18.1 Å². The Kier molecular flexibility index (Phi) is 1.71. The van der Waals surface area contributed by atoms with Gasteiger partial charge >= 0.3 is 0 Å². The van der Waals surface area contributed by atoms with Gasteiger partial charge in [-0.05, 0) is 24.7 Å². The van der Waals surface area contributed by atoms with Crippen molar-refractivity contribution in [3.05, 3.63) is 12.2 Å². The van der Waals surface area contributed by atoms with E-state index in [0.717, 1.165) is 18.4 Å². The summed E-state index contributed by atoms with van der Waals surface area (Å²) in [7, 11) is 0. The SMILES string of the molecule is C#CCNC1CC2CC=CC21. The first-order chi connectivity index (χ1) is 5.42. The second-order valence-electron chi connectivity index (χ2n) is 3.43. The third kappa shape index (κ3) is 1.08. The first kappa shape index (κ1) is 6.94. The van der Waals surface area contributed by atoms with Crippen LogP contribution in [0.3, 0.4) is 0 Å². The molecule has 0 radical (unpaired) electrons. The minimum atomic E-state index is 0.676. The maximum Gasteiger partial charge on any atom is 0.0576 e. The molecular weight excluding hydrogens is 134 g/mol. The molecule has 1 heteroatoms. The lowest BCUT2D eigenvalue weighted by Crippen LogP contribution is -2.48. The quantitative estimate of drug-likeness (QED) is 0.457. The zero-order chi connectivity index (χ0) is 7.68. The van der Waals surface area contributed by atoms with Gasteiger partial charge in [-0.15, -0.1) is 6.42 Å². The highest BCUT2D eigenvalue weighted by Gasteiger charge is 2.40. The molecule has 2 rings (SSSR count). The summed E-state index contributed by atoms with van der Waals surface area (Å²) < 4.78 is 0. The van der Waals surface area contributed by atoms with Crippen LogP contribution >= 0.6 is 0 Å². The molecule has 0 aromatic carbocycles. The molecule has 11 heavy (non-hydrogen) atoms. The molecule has 2 aliphatic carbocycles. The van der Waals surface area contributed by atoms with E-state index in [2.05, 4.69) is 23.4 Å². The molecule has 0 amide bonds. The predicted molar refractivity (Wildman–Crippen MR) is 46.0 cm³/mol. The zero-order valence-corrected chi connectivity index (χ0v) is 6.59. The lowest BCUT2D eigenvalue weighted by molar-refractivity contribution is 0.168. The van der Waals surface area contributed by atoms with E-state index in [1.54, 1.807) is 0 Å². The molecule has 1 fully saturated rings. The standard InChI is InChI=1S/C10H13N/c1-2-6-11-10-7-8-4-3-5-9(8)10/h1,3,5,8-11H,4,6-7H2. The molecule has 0 heterocycles. The Labute approximate surface area is 67.9 Å². The number of fused-ring (bicyclic) bond motifs is 1. The summed E-state index contributed by atoms with van der Waals surface area (Å²) in [5.74, 6) is 4.34. The van der Waals surface area contributed by atoms with Crippen molar-refractivity contribution in [3.8, 4) is 12.3 Å². The van der Waals surface area contributed by atoms with Gasteiger partial charge in [0.25, 0.3) is 0 Å². The fourth-order valence-corrected chi connectivity index (χ4v) is 2.14. The van der Waals surface area contributed by atoms with E-state index in [1.165, 1.54) is 12.8 Å². The lowest BCUT2D eigenvalue weighted by Gasteiger charge is -2.40. The molecule has 0 spiro atoms. The number of rotatable bonds is 2. The molecule has 1 saturated carbocycles. The van der Waals surface area contributed by atoms with Gasteiger partial charge in [0.05, 0.1) is 6.54 Å². The smallest absolute Gasteiger partial charge is 0.0576 e. The molecule has 58 valence electrons. The van der Waals surface area contributed by atoms with Crippen LogP contribution in [0.2, 0.25) is 0 Å². The predicted octanol–water partition coefficient (Wildman–Crippen LogP) is 1.17. The van der Waals surface area contributed by atoms with E-state index < -0.39 is 0 Å². The summed E-state index contributed by atoms with van der Waals surface area (Å²) in [6, 6.07) is 0.676. The molecule has 3 unspecified atom stereocenters. The Balaban J connectivity index is 1.82. The van der Waals surface area contributed by atoms with Crippen molar-refractivity contribution in [1.82, 2.24) is 5.32 Å². The Morgan fingerprint density at radius 2 is 2.55 bits per heavy atom. The maximum absolute atomic E-state index is 5.16. The summed E-state index contributed by atoms with van der Waals surface area (Å²) in [5, 5.41) is 3.35. The van der Waals surface area contributed by atoms with Crippen molar-refractivity contribution < 1.29 is 0 Å². The average molecular weight is 147 g/mol. The fourth-order valence-electron chi connectivity index (χ4n) is 2.14. The Morgan fingerprint density at radius 3 is 3.27 bits per heavy atom. The van der Waals surface area contributed by atoms with Gasteiger partial charge in [-0.2, -0.15) is 0 Å². The van der Waals surface area contributed by atoms with Crippen LogP contribution in [0.1, 0.15) is 12.8 Å². The number of hydrogen-bond acceptors (Lipinski definition) is 1. The van der Waals surface area contributed by atoms with Crippen LogP contribution in [-0.2, 0) is 0 Å². The van der Waals surface area contributed by atoms with E-state index in [-0.39, 0.29) is 0 Å². The van der Waals surface area contributed by atoms with Crippen molar-refractivity contribution in [2.24, 2.45) is 11.8 Å².